The maximum absolute atomic E-state index is 12.2. The van der Waals surface area contributed by atoms with Crippen LogP contribution in [0, 0.1) is 5.92 Å². The molecule has 2 aliphatic rings. The molecule has 1 aromatic carbocycles. The Hall–Kier alpha value is -1.55. The maximum Gasteiger partial charge on any atom is 0.224 e. The molecule has 5 heteroatoms. The highest BCUT2D eigenvalue weighted by Gasteiger charge is 2.32. The van der Waals surface area contributed by atoms with Crippen molar-refractivity contribution >= 4 is 23.4 Å². The number of nitrogens with zero attached hydrogens (tertiary/aromatic N) is 1. The fourth-order valence-electron chi connectivity index (χ4n) is 3.55. The largest absolute Gasteiger partial charge is 0.351 e. The lowest BCUT2D eigenvalue weighted by atomic mass is 10.1. The molecule has 0 aromatic heterocycles. The molecule has 0 bridgehead atoms. The molecule has 1 heterocycles. The molecular formula is C18H23ClN2O2. The van der Waals surface area contributed by atoms with Crippen LogP contribution in [0.4, 0.5) is 0 Å². The number of carbonyl (C=O) groups is 2. The van der Waals surface area contributed by atoms with E-state index in [4.69, 9.17) is 11.6 Å². The normalized spacial score (nSPS) is 21.9. The number of rotatable bonds is 5. The predicted molar refractivity (Wildman–Crippen MR) is 90.2 cm³/mol. The van der Waals surface area contributed by atoms with Crippen LogP contribution >= 0.6 is 11.6 Å². The highest BCUT2D eigenvalue weighted by atomic mass is 35.5. The second-order valence-electron chi connectivity index (χ2n) is 6.61. The van der Waals surface area contributed by atoms with Gasteiger partial charge in [-0.15, -0.1) is 0 Å². The van der Waals surface area contributed by atoms with Crippen LogP contribution in [0.5, 0.6) is 0 Å². The molecule has 23 heavy (non-hydrogen) atoms. The summed E-state index contributed by atoms with van der Waals surface area (Å²) in [7, 11) is 0. The van der Waals surface area contributed by atoms with E-state index in [0.29, 0.717) is 19.5 Å². The monoisotopic (exact) mass is 334 g/mol. The second kappa shape index (κ2) is 7.35. The molecule has 1 unspecified atom stereocenters. The first-order valence-electron chi connectivity index (χ1n) is 8.44. The van der Waals surface area contributed by atoms with Crippen molar-refractivity contribution in [3.63, 3.8) is 0 Å². The molecule has 1 aromatic rings. The average molecular weight is 335 g/mol. The predicted octanol–water partition coefficient (Wildman–Crippen LogP) is 2.79. The van der Waals surface area contributed by atoms with Gasteiger partial charge in [-0.05, 0) is 37.0 Å². The molecule has 0 radical (unpaired) electrons. The van der Waals surface area contributed by atoms with Gasteiger partial charge >= 0.3 is 0 Å². The molecular weight excluding hydrogens is 312 g/mol. The molecule has 1 aliphatic carbocycles. The Morgan fingerprint density at radius 3 is 2.83 bits per heavy atom. The number of hydrogen-bond acceptors (Lipinski definition) is 2. The molecule has 124 valence electrons. The van der Waals surface area contributed by atoms with Gasteiger partial charge in [-0.2, -0.15) is 0 Å². The van der Waals surface area contributed by atoms with Crippen LogP contribution in [0.2, 0.25) is 5.02 Å². The highest BCUT2D eigenvalue weighted by molar-refractivity contribution is 6.30. The van der Waals surface area contributed by atoms with Crippen molar-refractivity contribution < 1.29 is 9.59 Å². The van der Waals surface area contributed by atoms with Crippen molar-refractivity contribution in [2.75, 3.05) is 13.1 Å². The summed E-state index contributed by atoms with van der Waals surface area (Å²) in [6.07, 6.45) is 5.49. The van der Waals surface area contributed by atoms with E-state index in [1.807, 2.05) is 29.2 Å². The van der Waals surface area contributed by atoms with Gasteiger partial charge in [0.2, 0.25) is 11.8 Å². The number of amides is 2. The summed E-state index contributed by atoms with van der Waals surface area (Å²) in [5, 5.41) is 3.79. The maximum atomic E-state index is 12.2. The van der Waals surface area contributed by atoms with E-state index in [0.717, 1.165) is 42.7 Å². The third kappa shape index (κ3) is 4.25. The van der Waals surface area contributed by atoms with Crippen LogP contribution < -0.4 is 5.32 Å². The molecule has 1 atom stereocenters. The minimum Gasteiger partial charge on any atom is -0.351 e. The van der Waals surface area contributed by atoms with Crippen LogP contribution in [0.3, 0.4) is 0 Å². The van der Waals surface area contributed by atoms with E-state index in [9.17, 15) is 9.59 Å². The number of nitrogens with one attached hydrogen (secondary N) is 1. The summed E-state index contributed by atoms with van der Waals surface area (Å²) in [4.78, 5) is 26.1. The molecule has 3 rings (SSSR count). The van der Waals surface area contributed by atoms with Gasteiger partial charge < -0.3 is 10.2 Å². The number of likely N-dealkylation sites (tertiary alicyclic amines) is 1. The van der Waals surface area contributed by atoms with Crippen LogP contribution in [0.1, 0.15) is 37.7 Å². The number of halogens is 1. The third-order valence-corrected chi connectivity index (χ3v) is 5.08. The zero-order valence-corrected chi connectivity index (χ0v) is 14.0. The summed E-state index contributed by atoms with van der Waals surface area (Å²) in [6.45, 7) is 1.30. The van der Waals surface area contributed by atoms with Crippen LogP contribution in [-0.4, -0.2) is 35.8 Å². The lowest BCUT2D eigenvalue weighted by Gasteiger charge is -2.18. The molecule has 0 spiro atoms. The first-order chi connectivity index (χ1) is 11.1. The lowest BCUT2D eigenvalue weighted by molar-refractivity contribution is -0.127. The van der Waals surface area contributed by atoms with Gasteiger partial charge in [-0.3, -0.25) is 9.59 Å². The van der Waals surface area contributed by atoms with Gasteiger partial charge in [0.15, 0.2) is 0 Å². The van der Waals surface area contributed by atoms with Gasteiger partial charge in [-0.1, -0.05) is 36.6 Å². The van der Waals surface area contributed by atoms with Crippen LogP contribution in [-0.2, 0) is 16.0 Å². The Kier molecular flexibility index (Phi) is 5.21. The van der Waals surface area contributed by atoms with Gasteiger partial charge in [0.1, 0.15) is 0 Å². The number of carbonyl (C=O) groups excluding carboxylic acids is 2. The Morgan fingerprint density at radius 2 is 2.09 bits per heavy atom. The second-order valence-corrected chi connectivity index (χ2v) is 7.05. The topological polar surface area (TPSA) is 49.4 Å². The lowest BCUT2D eigenvalue weighted by Crippen LogP contribution is -2.40. The van der Waals surface area contributed by atoms with E-state index in [2.05, 4.69) is 5.32 Å². The number of hydrogen-bond donors (Lipinski definition) is 1. The van der Waals surface area contributed by atoms with Crippen molar-refractivity contribution in [3.8, 4) is 0 Å². The quantitative estimate of drug-likeness (QED) is 0.900. The van der Waals surface area contributed by atoms with E-state index in [1.54, 1.807) is 0 Å². The van der Waals surface area contributed by atoms with E-state index in [1.165, 1.54) is 0 Å². The van der Waals surface area contributed by atoms with E-state index >= 15 is 0 Å². The standard InChI is InChI=1S/C18H23ClN2O2/c19-15-7-3-4-13(10-15)8-9-21-12-16(11-17(21)22)20-18(23)14-5-1-2-6-14/h3-4,7,10,14,16H,1-2,5-6,8-9,11-12H2,(H,20,23). The van der Waals surface area contributed by atoms with Crippen molar-refractivity contribution in [3.05, 3.63) is 34.9 Å². The van der Waals surface area contributed by atoms with Gasteiger partial charge in [-0.25, -0.2) is 0 Å². The molecule has 1 saturated heterocycles. The summed E-state index contributed by atoms with van der Waals surface area (Å²) < 4.78 is 0. The van der Waals surface area contributed by atoms with Crippen molar-refractivity contribution in [1.82, 2.24) is 10.2 Å². The van der Waals surface area contributed by atoms with Crippen molar-refractivity contribution in [2.45, 2.75) is 44.6 Å². The minimum atomic E-state index is -0.0324. The zero-order valence-electron chi connectivity index (χ0n) is 13.3. The Morgan fingerprint density at radius 1 is 1.30 bits per heavy atom. The Balaban J connectivity index is 1.48. The van der Waals surface area contributed by atoms with Gasteiger partial charge in [0, 0.05) is 30.5 Å². The molecule has 1 saturated carbocycles. The Labute approximate surface area is 142 Å². The SMILES string of the molecule is O=C(NC1CC(=O)N(CCc2cccc(Cl)c2)C1)C1CCCC1. The summed E-state index contributed by atoms with van der Waals surface area (Å²) in [5.41, 5.74) is 1.13. The Bertz CT molecular complexity index is 584. The van der Waals surface area contributed by atoms with Gasteiger partial charge in [0.25, 0.3) is 0 Å². The van der Waals surface area contributed by atoms with Crippen molar-refractivity contribution in [2.24, 2.45) is 5.92 Å². The molecule has 1 N–H and O–H groups in total. The number of benzene rings is 1. The van der Waals surface area contributed by atoms with Gasteiger partial charge in [0.05, 0.1) is 6.04 Å². The van der Waals surface area contributed by atoms with E-state index in [-0.39, 0.29) is 23.8 Å². The summed E-state index contributed by atoms with van der Waals surface area (Å²) >= 11 is 5.98. The molecule has 2 amide bonds. The highest BCUT2D eigenvalue weighted by Crippen LogP contribution is 2.25. The smallest absolute Gasteiger partial charge is 0.224 e. The van der Waals surface area contributed by atoms with Crippen LogP contribution in [0.25, 0.3) is 0 Å². The van der Waals surface area contributed by atoms with Crippen molar-refractivity contribution in [1.29, 1.82) is 0 Å². The van der Waals surface area contributed by atoms with E-state index < -0.39 is 0 Å². The average Bonchev–Trinajstić information content (AvgIpc) is 3.15. The fraction of sp³-hybridized carbons (Fsp3) is 0.556. The third-order valence-electron chi connectivity index (χ3n) is 4.85. The zero-order chi connectivity index (χ0) is 16.2. The first kappa shape index (κ1) is 16.3. The molecule has 2 fully saturated rings. The molecule has 1 aliphatic heterocycles. The first-order valence-corrected chi connectivity index (χ1v) is 8.82. The fourth-order valence-corrected chi connectivity index (χ4v) is 3.76. The summed E-state index contributed by atoms with van der Waals surface area (Å²) in [6, 6.07) is 7.69. The molecule has 4 nitrogen and oxygen atoms in total. The minimum absolute atomic E-state index is 0.0324. The van der Waals surface area contributed by atoms with Crippen LogP contribution in [0.15, 0.2) is 24.3 Å². The summed E-state index contributed by atoms with van der Waals surface area (Å²) in [5.74, 6) is 0.423.